The first-order valence-electron chi connectivity index (χ1n) is 15.1. The Morgan fingerprint density at radius 2 is 1.43 bits per heavy atom. The summed E-state index contributed by atoms with van der Waals surface area (Å²) < 4.78 is 5.48. The normalized spacial score (nSPS) is 17.4. The van der Waals surface area contributed by atoms with Gasteiger partial charge in [-0.15, -0.1) is 11.5 Å². The molecular formula is C37H51Cl2NORu. The molecule has 1 heterocycles. The van der Waals surface area contributed by atoms with Crippen molar-refractivity contribution in [3.8, 4) is 5.75 Å². The third-order valence-electron chi connectivity index (χ3n) is 7.66. The van der Waals surface area contributed by atoms with Gasteiger partial charge in [0.15, 0.2) is 0 Å². The number of hydrogen-bond donors (Lipinski definition) is 0. The molecule has 1 saturated heterocycles. The SMILES string of the molecule is CCc1cccc(CC)c1N1[CH-]C(C)(c2ccc(CC(C)C)cc2)CC1(C)C.[CH2-]c1ccccc1OC(C)C.[Cl][Ru+2][Cl]. The topological polar surface area (TPSA) is 12.5 Å². The second-order valence-corrected chi connectivity index (χ2v) is 15.3. The van der Waals surface area contributed by atoms with Gasteiger partial charge in [0.1, 0.15) is 0 Å². The fourth-order valence-corrected chi connectivity index (χ4v) is 5.92. The molecular weight excluding hydrogens is 646 g/mol. The Hall–Kier alpha value is -1.67. The van der Waals surface area contributed by atoms with E-state index >= 15 is 0 Å². The van der Waals surface area contributed by atoms with Gasteiger partial charge in [-0.1, -0.05) is 94.8 Å². The Bertz CT molecular complexity index is 1200. The number of benzene rings is 3. The molecule has 0 radical (unpaired) electrons. The number of halogens is 2. The van der Waals surface area contributed by atoms with Gasteiger partial charge in [0.2, 0.25) is 0 Å². The summed E-state index contributed by atoms with van der Waals surface area (Å²) in [7, 11) is 9.71. The summed E-state index contributed by atoms with van der Waals surface area (Å²) in [6.07, 6.45) is 4.65. The van der Waals surface area contributed by atoms with Crippen LogP contribution in [0.25, 0.3) is 0 Å². The Morgan fingerprint density at radius 1 is 0.881 bits per heavy atom. The molecule has 2 nitrogen and oxygen atoms in total. The summed E-state index contributed by atoms with van der Waals surface area (Å²) >= 11 is -0.346. The number of rotatable bonds is 8. The fraction of sp³-hybridized carbons (Fsp3) is 0.459. The van der Waals surface area contributed by atoms with E-state index in [1.807, 2.05) is 38.1 Å². The molecule has 232 valence electrons. The number of anilines is 1. The van der Waals surface area contributed by atoms with Crippen molar-refractivity contribution in [3.05, 3.63) is 108 Å². The van der Waals surface area contributed by atoms with E-state index < -0.39 is 0 Å². The quantitative estimate of drug-likeness (QED) is 0.172. The summed E-state index contributed by atoms with van der Waals surface area (Å²) in [4.78, 5) is 2.59. The first kappa shape index (κ1) is 36.5. The summed E-state index contributed by atoms with van der Waals surface area (Å²) in [5.74, 6) is 1.58. The van der Waals surface area contributed by atoms with E-state index in [2.05, 4.69) is 109 Å². The van der Waals surface area contributed by atoms with E-state index in [0.717, 1.165) is 37.0 Å². The summed E-state index contributed by atoms with van der Waals surface area (Å²) in [5.41, 5.74) is 8.34. The van der Waals surface area contributed by atoms with Gasteiger partial charge in [-0.2, -0.15) is 18.6 Å². The average Bonchev–Trinajstić information content (AvgIpc) is 3.19. The van der Waals surface area contributed by atoms with Crippen LogP contribution >= 0.6 is 19.4 Å². The number of aryl methyl sites for hydroxylation is 2. The van der Waals surface area contributed by atoms with Crippen LogP contribution in [0.3, 0.4) is 0 Å². The summed E-state index contributed by atoms with van der Waals surface area (Å²) in [6, 6.07) is 24.0. The van der Waals surface area contributed by atoms with Crippen molar-refractivity contribution in [3.63, 3.8) is 0 Å². The summed E-state index contributed by atoms with van der Waals surface area (Å²) in [5, 5.41) is 0. The molecule has 0 aliphatic carbocycles. The van der Waals surface area contributed by atoms with Crippen LogP contribution in [0.15, 0.2) is 66.7 Å². The third kappa shape index (κ3) is 10.2. The van der Waals surface area contributed by atoms with Crippen molar-refractivity contribution in [1.82, 2.24) is 0 Å². The van der Waals surface area contributed by atoms with E-state index in [9.17, 15) is 0 Å². The van der Waals surface area contributed by atoms with Crippen molar-refractivity contribution < 1.29 is 19.9 Å². The van der Waals surface area contributed by atoms with Gasteiger partial charge in [0.25, 0.3) is 0 Å². The van der Waals surface area contributed by atoms with Crippen LogP contribution in [0.5, 0.6) is 5.75 Å². The predicted molar refractivity (Wildman–Crippen MR) is 181 cm³/mol. The minimum atomic E-state index is -0.346. The molecule has 3 aromatic rings. The fourth-order valence-electron chi connectivity index (χ4n) is 5.92. The van der Waals surface area contributed by atoms with Gasteiger partial charge in [-0.25, -0.2) is 6.54 Å². The van der Waals surface area contributed by atoms with Crippen LogP contribution in [0, 0.1) is 19.4 Å². The molecule has 1 fully saturated rings. The average molecular weight is 698 g/mol. The van der Waals surface area contributed by atoms with Crippen LogP contribution in [-0.4, -0.2) is 11.6 Å². The van der Waals surface area contributed by atoms with Crippen molar-refractivity contribution in [2.75, 3.05) is 4.90 Å². The van der Waals surface area contributed by atoms with Gasteiger partial charge in [0.05, 0.1) is 6.10 Å². The Morgan fingerprint density at radius 3 is 1.90 bits per heavy atom. The molecule has 0 N–H and O–H groups in total. The molecule has 1 aliphatic rings. The van der Waals surface area contributed by atoms with Gasteiger partial charge in [-0.3, -0.25) is 0 Å². The first-order valence-corrected chi connectivity index (χ1v) is 19.6. The predicted octanol–water partition coefficient (Wildman–Crippen LogP) is 11.2. The second-order valence-electron chi connectivity index (χ2n) is 12.7. The van der Waals surface area contributed by atoms with Crippen LogP contribution < -0.4 is 9.64 Å². The van der Waals surface area contributed by atoms with E-state index in [1.54, 1.807) is 0 Å². The zero-order valence-electron chi connectivity index (χ0n) is 27.1. The molecule has 1 atom stereocenters. The van der Waals surface area contributed by atoms with Crippen LogP contribution in [0.1, 0.15) is 96.6 Å². The van der Waals surface area contributed by atoms with Gasteiger partial charge >= 0.3 is 34.5 Å². The van der Waals surface area contributed by atoms with Crippen molar-refractivity contribution in [2.24, 2.45) is 5.92 Å². The molecule has 0 aromatic heterocycles. The zero-order chi connectivity index (χ0) is 31.5. The number of hydrogen-bond acceptors (Lipinski definition) is 2. The molecule has 3 aromatic carbocycles. The number of nitrogens with zero attached hydrogens (tertiary/aromatic N) is 1. The molecule has 42 heavy (non-hydrogen) atoms. The Balaban J connectivity index is 0.000000365. The van der Waals surface area contributed by atoms with Gasteiger partial charge in [0, 0.05) is 17.0 Å². The van der Waals surface area contributed by atoms with Gasteiger partial charge in [-0.05, 0) is 76.0 Å². The number of ether oxygens (including phenoxy) is 1. The molecule has 0 saturated carbocycles. The van der Waals surface area contributed by atoms with Gasteiger partial charge < -0.3 is 9.64 Å². The van der Waals surface area contributed by atoms with Crippen LogP contribution in [-0.2, 0) is 39.8 Å². The summed E-state index contributed by atoms with van der Waals surface area (Å²) in [6.45, 7) is 26.7. The maximum absolute atomic E-state index is 5.48. The molecule has 1 unspecified atom stereocenters. The maximum atomic E-state index is 5.48. The number of para-hydroxylation sites is 2. The molecule has 0 spiro atoms. The third-order valence-corrected chi connectivity index (χ3v) is 7.66. The molecule has 4 rings (SSSR count). The first-order chi connectivity index (χ1) is 19.8. The Kier molecular flexibility index (Phi) is 14.8. The molecule has 0 amide bonds. The minimum absolute atomic E-state index is 0.0612. The Labute approximate surface area is 273 Å². The van der Waals surface area contributed by atoms with Crippen molar-refractivity contribution in [2.45, 2.75) is 105 Å². The van der Waals surface area contributed by atoms with Crippen molar-refractivity contribution in [1.29, 1.82) is 0 Å². The second kappa shape index (κ2) is 17.0. The van der Waals surface area contributed by atoms with Crippen LogP contribution in [0.2, 0.25) is 0 Å². The standard InChI is InChI=1S/C27H38N.C10H13O.2ClH.Ru/c1-8-22-11-10-12-23(9-2)25(22)28-19-27(7,18-26(28,5)6)24-15-13-21(14-16-24)17-20(3)4;1-8(2)11-10-7-5-4-6-9(10)3;;;/h10-16,19-20H,8-9,17-18H2,1-7H3;4-8H,3H2,1-2H3;2*1H;/q2*-1;;;+4/p-2. The van der Waals surface area contributed by atoms with E-state index in [1.165, 1.54) is 27.9 Å². The molecule has 0 bridgehead atoms. The van der Waals surface area contributed by atoms with Crippen molar-refractivity contribution >= 4 is 25.1 Å². The molecule has 5 heteroatoms. The zero-order valence-corrected chi connectivity index (χ0v) is 30.3. The van der Waals surface area contributed by atoms with E-state index in [-0.39, 0.29) is 32.2 Å². The van der Waals surface area contributed by atoms with E-state index in [0.29, 0.717) is 5.92 Å². The monoisotopic (exact) mass is 697 g/mol. The van der Waals surface area contributed by atoms with Crippen LogP contribution in [0.4, 0.5) is 5.69 Å². The molecule has 1 aliphatic heterocycles. The van der Waals surface area contributed by atoms with E-state index in [4.69, 9.17) is 24.1 Å².